The van der Waals surface area contributed by atoms with Gasteiger partial charge >= 0.3 is 6.03 Å². The van der Waals surface area contributed by atoms with Crippen LogP contribution in [-0.4, -0.2) is 73.5 Å². The third kappa shape index (κ3) is 6.63. The fraction of sp³-hybridized carbons (Fsp3) is 0.258. The predicted molar refractivity (Wildman–Crippen MR) is 159 cm³/mol. The van der Waals surface area contributed by atoms with E-state index in [1.807, 2.05) is 36.4 Å². The minimum absolute atomic E-state index is 0.379. The van der Waals surface area contributed by atoms with Crippen LogP contribution in [0.1, 0.15) is 18.1 Å². The Labute approximate surface area is 243 Å². The molecule has 1 fully saturated rings. The Hall–Kier alpha value is -5.05. The Balaban J connectivity index is 1.48. The van der Waals surface area contributed by atoms with Gasteiger partial charge in [0.15, 0.2) is 0 Å². The maximum absolute atomic E-state index is 14.2. The summed E-state index contributed by atoms with van der Waals surface area (Å²) in [6.07, 6.45) is -1.32. The van der Waals surface area contributed by atoms with Gasteiger partial charge in [-0.2, -0.15) is 5.26 Å². The van der Waals surface area contributed by atoms with Gasteiger partial charge in [0.25, 0.3) is 5.91 Å². The molecule has 5 rings (SSSR count). The first-order chi connectivity index (χ1) is 20.4. The summed E-state index contributed by atoms with van der Waals surface area (Å²) in [5.74, 6) is -0.950. The number of hydrogen-bond acceptors (Lipinski definition) is 7. The van der Waals surface area contributed by atoms with E-state index in [0.29, 0.717) is 66.7 Å². The number of fused-ring (bicyclic) bond motifs is 1. The molecule has 0 aliphatic carbocycles. The summed E-state index contributed by atoms with van der Waals surface area (Å²) in [6.45, 7) is 4.64. The number of morpholine rings is 1. The fourth-order valence-corrected chi connectivity index (χ4v) is 4.89. The Morgan fingerprint density at radius 2 is 1.71 bits per heavy atom. The Morgan fingerprint density at radius 3 is 2.48 bits per heavy atom. The van der Waals surface area contributed by atoms with Crippen LogP contribution in [0.15, 0.2) is 83.9 Å². The maximum atomic E-state index is 14.2. The summed E-state index contributed by atoms with van der Waals surface area (Å²) >= 11 is 0. The smallest absolute Gasteiger partial charge is 0.321 e. The van der Waals surface area contributed by atoms with E-state index >= 15 is 0 Å². The van der Waals surface area contributed by atoms with Crippen LogP contribution < -0.4 is 20.9 Å². The summed E-state index contributed by atoms with van der Waals surface area (Å²) in [6, 6.07) is 23.2. The fourth-order valence-electron chi connectivity index (χ4n) is 4.89. The van der Waals surface area contributed by atoms with Crippen LogP contribution in [0.25, 0.3) is 0 Å². The highest BCUT2D eigenvalue weighted by Gasteiger charge is 2.38. The van der Waals surface area contributed by atoms with Crippen LogP contribution in [0.4, 0.5) is 21.9 Å². The molecular weight excluding hydrogens is 534 g/mol. The molecule has 3 aromatic carbocycles. The van der Waals surface area contributed by atoms with E-state index in [-0.39, 0.29) is 0 Å². The molecule has 2 atom stereocenters. The normalized spacial score (nSPS) is 17.6. The van der Waals surface area contributed by atoms with Crippen molar-refractivity contribution < 1.29 is 19.1 Å². The molecule has 0 aromatic heterocycles. The number of benzodiazepines with no additional fused rings is 1. The Morgan fingerprint density at radius 1 is 1.00 bits per heavy atom. The minimum Gasteiger partial charge on any atom is -0.379 e. The van der Waals surface area contributed by atoms with Crippen LogP contribution in [-0.2, 0) is 14.3 Å². The Kier molecular flexibility index (Phi) is 8.87. The monoisotopic (exact) mass is 565 g/mol. The number of urea groups is 1. The van der Waals surface area contributed by atoms with Gasteiger partial charge in [0.2, 0.25) is 12.1 Å². The molecule has 4 amide bonds. The van der Waals surface area contributed by atoms with Crippen LogP contribution in [0, 0.1) is 11.3 Å². The summed E-state index contributed by atoms with van der Waals surface area (Å²) in [7, 11) is 0. The second-order valence-electron chi connectivity index (χ2n) is 9.91. The maximum Gasteiger partial charge on any atom is 0.321 e. The van der Waals surface area contributed by atoms with Gasteiger partial charge in [-0.3, -0.25) is 24.4 Å². The molecule has 2 unspecified atom stereocenters. The van der Waals surface area contributed by atoms with Crippen LogP contribution >= 0.6 is 0 Å². The summed E-state index contributed by atoms with van der Waals surface area (Å²) < 4.78 is 5.50. The van der Waals surface area contributed by atoms with Crippen LogP contribution in [0.3, 0.4) is 0 Å². The number of rotatable bonds is 7. The molecule has 214 valence electrons. The number of carbonyl (C=O) groups excluding carboxylic acids is 3. The average molecular weight is 566 g/mol. The molecule has 11 heteroatoms. The third-order valence-electron chi connectivity index (χ3n) is 7.03. The number of para-hydroxylation sites is 2. The van der Waals surface area contributed by atoms with E-state index in [1.54, 1.807) is 49.4 Å². The van der Waals surface area contributed by atoms with Gasteiger partial charge in [-0.1, -0.05) is 42.5 Å². The topological polar surface area (TPSA) is 139 Å². The van der Waals surface area contributed by atoms with Crippen molar-refractivity contribution >= 4 is 40.6 Å². The average Bonchev–Trinajstić information content (AvgIpc) is 3.12. The molecule has 0 spiro atoms. The SMILES string of the molecule is CC(C(=O)Nc1ccccc1)N1C(=O)C(NC(=O)Nc2cccc(C#N)c2)N=C(CN2CCOCC2)c2ccccc21. The number of hydrogen-bond donors (Lipinski definition) is 3. The number of nitriles is 1. The van der Waals surface area contributed by atoms with E-state index in [9.17, 15) is 19.6 Å². The van der Waals surface area contributed by atoms with Gasteiger partial charge in [-0.25, -0.2) is 4.79 Å². The molecule has 0 saturated carbocycles. The van der Waals surface area contributed by atoms with E-state index in [0.717, 1.165) is 0 Å². The molecule has 1 saturated heterocycles. The molecule has 3 N–H and O–H groups in total. The quantitative estimate of drug-likeness (QED) is 0.402. The lowest BCUT2D eigenvalue weighted by atomic mass is 10.0. The highest BCUT2D eigenvalue weighted by molar-refractivity contribution is 6.16. The van der Waals surface area contributed by atoms with Gasteiger partial charge in [0.1, 0.15) is 6.04 Å². The zero-order valence-corrected chi connectivity index (χ0v) is 23.1. The minimum atomic E-state index is -1.32. The zero-order chi connectivity index (χ0) is 29.5. The summed E-state index contributed by atoms with van der Waals surface area (Å²) in [4.78, 5) is 49.0. The van der Waals surface area contributed by atoms with E-state index in [1.165, 1.54) is 11.0 Å². The molecular formula is C31H31N7O4. The van der Waals surface area contributed by atoms with E-state index in [2.05, 4.69) is 20.9 Å². The van der Waals surface area contributed by atoms with Crippen molar-refractivity contribution in [1.82, 2.24) is 10.2 Å². The van der Waals surface area contributed by atoms with E-state index in [4.69, 9.17) is 9.73 Å². The van der Waals surface area contributed by atoms with Crippen molar-refractivity contribution in [3.8, 4) is 6.07 Å². The largest absolute Gasteiger partial charge is 0.379 e. The molecule has 42 heavy (non-hydrogen) atoms. The first kappa shape index (κ1) is 28.5. The lowest BCUT2D eigenvalue weighted by Gasteiger charge is -2.30. The Bertz CT molecular complexity index is 1530. The molecule has 2 aliphatic heterocycles. The molecule has 0 radical (unpaired) electrons. The number of aliphatic imine (C=N–C) groups is 1. The van der Waals surface area contributed by atoms with Gasteiger partial charge in [-0.05, 0) is 43.3 Å². The zero-order valence-electron chi connectivity index (χ0n) is 23.1. The molecule has 11 nitrogen and oxygen atoms in total. The number of anilines is 3. The molecule has 2 aliphatic rings. The lowest BCUT2D eigenvalue weighted by Crippen LogP contribution is -2.54. The van der Waals surface area contributed by atoms with Crippen molar-refractivity contribution in [3.63, 3.8) is 0 Å². The number of nitrogens with one attached hydrogen (secondary N) is 3. The number of ether oxygens (including phenoxy) is 1. The summed E-state index contributed by atoms with van der Waals surface area (Å²) in [5, 5.41) is 17.4. The standard InChI is InChI=1S/C31H31N7O4/c1-21(29(39)33-23-9-3-2-4-10-23)38-27-13-6-5-12-25(27)26(20-37-14-16-42-17-15-37)35-28(30(38)40)36-31(41)34-24-11-7-8-22(18-24)19-32/h2-13,18,21,28H,14-17,20H2,1H3,(H,33,39)(H2,34,36,41). The number of benzene rings is 3. The van der Waals surface area contributed by atoms with E-state index < -0.39 is 30.1 Å². The highest BCUT2D eigenvalue weighted by atomic mass is 16.5. The van der Waals surface area contributed by atoms with Crippen LogP contribution in [0.5, 0.6) is 0 Å². The second-order valence-corrected chi connectivity index (χ2v) is 9.91. The third-order valence-corrected chi connectivity index (χ3v) is 7.03. The number of amides is 4. The van der Waals surface area contributed by atoms with Gasteiger partial charge < -0.3 is 20.7 Å². The number of nitrogens with zero attached hydrogens (tertiary/aromatic N) is 4. The second kappa shape index (κ2) is 13.1. The highest BCUT2D eigenvalue weighted by Crippen LogP contribution is 2.29. The van der Waals surface area contributed by atoms with Crippen LogP contribution in [0.2, 0.25) is 0 Å². The van der Waals surface area contributed by atoms with Gasteiger partial charge in [-0.15, -0.1) is 0 Å². The van der Waals surface area contributed by atoms with Gasteiger partial charge in [0.05, 0.1) is 36.2 Å². The van der Waals surface area contributed by atoms with Crippen molar-refractivity contribution in [2.24, 2.45) is 4.99 Å². The van der Waals surface area contributed by atoms with Crippen molar-refractivity contribution in [1.29, 1.82) is 5.26 Å². The lowest BCUT2D eigenvalue weighted by molar-refractivity contribution is -0.124. The van der Waals surface area contributed by atoms with Crippen molar-refractivity contribution in [2.45, 2.75) is 19.1 Å². The predicted octanol–water partition coefficient (Wildman–Crippen LogP) is 3.20. The molecule has 0 bridgehead atoms. The molecule has 3 aromatic rings. The van der Waals surface area contributed by atoms with Crippen molar-refractivity contribution in [3.05, 3.63) is 90.0 Å². The van der Waals surface area contributed by atoms with Crippen molar-refractivity contribution in [2.75, 3.05) is 48.4 Å². The first-order valence-corrected chi connectivity index (χ1v) is 13.7. The first-order valence-electron chi connectivity index (χ1n) is 13.7. The van der Waals surface area contributed by atoms with Gasteiger partial charge in [0, 0.05) is 36.6 Å². The molecule has 2 heterocycles. The number of carbonyl (C=O) groups is 3. The summed E-state index contributed by atoms with van der Waals surface area (Å²) in [5.41, 5.74) is 3.20.